The Bertz CT molecular complexity index is 915. The number of H-pyrrole nitrogens is 1. The fraction of sp³-hybridized carbons (Fsp3) is 0.167. The van der Waals surface area contributed by atoms with Gasteiger partial charge in [0.15, 0.2) is 0 Å². The zero-order valence-corrected chi connectivity index (χ0v) is 13.2. The van der Waals surface area contributed by atoms with Gasteiger partial charge in [-0.05, 0) is 31.0 Å². The SMILES string of the molecule is Cc1c(C(=O)NCCc2c[nH]c3ccccc23)cccc1[N+](=O)[O-]. The Labute approximate surface area is 138 Å². The molecule has 122 valence electrons. The number of para-hydroxylation sites is 1. The summed E-state index contributed by atoms with van der Waals surface area (Å²) in [6.45, 7) is 2.05. The van der Waals surface area contributed by atoms with Gasteiger partial charge in [0.1, 0.15) is 0 Å². The Morgan fingerprint density at radius 2 is 2.00 bits per heavy atom. The second kappa shape index (κ2) is 6.54. The Morgan fingerprint density at radius 3 is 2.79 bits per heavy atom. The van der Waals surface area contributed by atoms with E-state index in [2.05, 4.69) is 10.3 Å². The maximum absolute atomic E-state index is 12.3. The fourth-order valence-corrected chi connectivity index (χ4v) is 2.81. The monoisotopic (exact) mass is 323 g/mol. The molecule has 0 radical (unpaired) electrons. The molecule has 0 atom stereocenters. The number of carbonyl (C=O) groups excluding carboxylic acids is 1. The molecule has 1 aromatic heterocycles. The molecule has 0 fully saturated rings. The van der Waals surface area contributed by atoms with Crippen LogP contribution in [-0.2, 0) is 6.42 Å². The van der Waals surface area contributed by atoms with Gasteiger partial charge in [-0.15, -0.1) is 0 Å². The molecule has 3 rings (SSSR count). The number of hydrogen-bond acceptors (Lipinski definition) is 3. The van der Waals surface area contributed by atoms with Crippen molar-refractivity contribution >= 4 is 22.5 Å². The molecule has 0 spiro atoms. The molecule has 2 aromatic carbocycles. The summed E-state index contributed by atoms with van der Waals surface area (Å²) in [6, 6.07) is 12.5. The van der Waals surface area contributed by atoms with Crippen molar-refractivity contribution in [3.63, 3.8) is 0 Å². The van der Waals surface area contributed by atoms with Gasteiger partial charge in [0.2, 0.25) is 0 Å². The largest absolute Gasteiger partial charge is 0.361 e. The molecule has 6 nitrogen and oxygen atoms in total. The van der Waals surface area contributed by atoms with E-state index in [4.69, 9.17) is 0 Å². The van der Waals surface area contributed by atoms with E-state index in [9.17, 15) is 14.9 Å². The van der Waals surface area contributed by atoms with E-state index in [1.54, 1.807) is 13.0 Å². The van der Waals surface area contributed by atoms with E-state index in [0.717, 1.165) is 16.5 Å². The number of nitro benzene ring substituents is 1. The molecule has 0 bridgehead atoms. The van der Waals surface area contributed by atoms with E-state index in [1.807, 2.05) is 30.5 Å². The van der Waals surface area contributed by atoms with E-state index in [1.165, 1.54) is 12.1 Å². The highest BCUT2D eigenvalue weighted by Gasteiger charge is 2.17. The summed E-state index contributed by atoms with van der Waals surface area (Å²) in [5, 5.41) is 14.9. The molecule has 0 saturated carbocycles. The first-order valence-electron chi connectivity index (χ1n) is 7.65. The van der Waals surface area contributed by atoms with Gasteiger partial charge in [-0.3, -0.25) is 14.9 Å². The third-order valence-electron chi connectivity index (χ3n) is 4.10. The van der Waals surface area contributed by atoms with E-state index >= 15 is 0 Å². The molecule has 0 aliphatic heterocycles. The molecule has 2 N–H and O–H groups in total. The minimum Gasteiger partial charge on any atom is -0.361 e. The predicted molar refractivity (Wildman–Crippen MR) is 92.2 cm³/mol. The van der Waals surface area contributed by atoms with Crippen LogP contribution in [0, 0.1) is 17.0 Å². The highest BCUT2D eigenvalue weighted by atomic mass is 16.6. The molecule has 0 saturated heterocycles. The van der Waals surface area contributed by atoms with Crippen LogP contribution in [0.4, 0.5) is 5.69 Å². The van der Waals surface area contributed by atoms with E-state index in [-0.39, 0.29) is 11.6 Å². The zero-order chi connectivity index (χ0) is 17.1. The van der Waals surface area contributed by atoms with Gasteiger partial charge in [0, 0.05) is 40.8 Å². The van der Waals surface area contributed by atoms with Crippen molar-refractivity contribution in [2.24, 2.45) is 0 Å². The molecule has 0 aliphatic rings. The second-order valence-electron chi connectivity index (χ2n) is 5.57. The first-order chi connectivity index (χ1) is 11.6. The second-order valence-corrected chi connectivity index (χ2v) is 5.57. The lowest BCUT2D eigenvalue weighted by Crippen LogP contribution is -2.26. The van der Waals surface area contributed by atoms with Crippen LogP contribution in [0.2, 0.25) is 0 Å². The first kappa shape index (κ1) is 15.7. The minimum atomic E-state index is -0.474. The molecule has 1 heterocycles. The van der Waals surface area contributed by atoms with Crippen LogP contribution < -0.4 is 5.32 Å². The van der Waals surface area contributed by atoms with Crippen molar-refractivity contribution in [3.8, 4) is 0 Å². The predicted octanol–water partition coefficient (Wildman–Crippen LogP) is 3.36. The lowest BCUT2D eigenvalue weighted by Gasteiger charge is -2.07. The molecule has 24 heavy (non-hydrogen) atoms. The Kier molecular flexibility index (Phi) is 4.29. The number of benzene rings is 2. The maximum Gasteiger partial charge on any atom is 0.273 e. The number of nitrogens with one attached hydrogen (secondary N) is 2. The summed E-state index contributed by atoms with van der Waals surface area (Å²) in [6.07, 6.45) is 2.62. The lowest BCUT2D eigenvalue weighted by molar-refractivity contribution is -0.385. The van der Waals surface area contributed by atoms with Gasteiger partial charge in [-0.1, -0.05) is 24.3 Å². The average molecular weight is 323 g/mol. The minimum absolute atomic E-state index is 0.0423. The lowest BCUT2D eigenvalue weighted by atomic mass is 10.1. The number of fused-ring (bicyclic) bond motifs is 1. The third kappa shape index (κ3) is 2.99. The number of aromatic nitrogens is 1. The zero-order valence-electron chi connectivity index (χ0n) is 13.2. The molecule has 6 heteroatoms. The molecular formula is C18H17N3O3. The molecule has 1 amide bonds. The van der Waals surface area contributed by atoms with Crippen LogP contribution in [0.5, 0.6) is 0 Å². The Hall–Kier alpha value is -3.15. The normalized spacial score (nSPS) is 10.7. The highest BCUT2D eigenvalue weighted by molar-refractivity contribution is 5.96. The Morgan fingerprint density at radius 1 is 1.21 bits per heavy atom. The number of aromatic amines is 1. The van der Waals surface area contributed by atoms with Crippen LogP contribution in [-0.4, -0.2) is 22.4 Å². The first-order valence-corrected chi connectivity index (χ1v) is 7.65. The van der Waals surface area contributed by atoms with Gasteiger partial charge in [-0.2, -0.15) is 0 Å². The number of nitro groups is 1. The van der Waals surface area contributed by atoms with E-state index in [0.29, 0.717) is 24.1 Å². The molecule has 0 aliphatic carbocycles. The van der Waals surface area contributed by atoms with Crippen molar-refractivity contribution in [1.29, 1.82) is 0 Å². The van der Waals surface area contributed by atoms with E-state index < -0.39 is 4.92 Å². The number of nitrogens with zero attached hydrogens (tertiary/aromatic N) is 1. The number of carbonyl (C=O) groups is 1. The van der Waals surface area contributed by atoms with Gasteiger partial charge >= 0.3 is 0 Å². The van der Waals surface area contributed by atoms with Crippen molar-refractivity contribution in [2.75, 3.05) is 6.54 Å². The van der Waals surface area contributed by atoms with Gasteiger partial charge in [0.05, 0.1) is 4.92 Å². The van der Waals surface area contributed by atoms with Crippen LogP contribution in [0.3, 0.4) is 0 Å². The van der Waals surface area contributed by atoms with Crippen LogP contribution in [0.25, 0.3) is 10.9 Å². The van der Waals surface area contributed by atoms with Crippen LogP contribution >= 0.6 is 0 Å². The smallest absolute Gasteiger partial charge is 0.273 e. The number of amides is 1. The molecular weight excluding hydrogens is 306 g/mol. The van der Waals surface area contributed by atoms with Gasteiger partial charge < -0.3 is 10.3 Å². The summed E-state index contributed by atoms with van der Waals surface area (Å²) >= 11 is 0. The summed E-state index contributed by atoms with van der Waals surface area (Å²) in [4.78, 5) is 26.0. The summed E-state index contributed by atoms with van der Waals surface area (Å²) in [5.74, 6) is -0.295. The van der Waals surface area contributed by atoms with Crippen molar-refractivity contribution in [3.05, 3.63) is 75.5 Å². The van der Waals surface area contributed by atoms with Crippen molar-refractivity contribution < 1.29 is 9.72 Å². The van der Waals surface area contributed by atoms with Gasteiger partial charge in [0.25, 0.3) is 11.6 Å². The quantitative estimate of drug-likeness (QED) is 0.557. The molecule has 3 aromatic rings. The Balaban J connectivity index is 1.68. The topological polar surface area (TPSA) is 88.0 Å². The fourth-order valence-electron chi connectivity index (χ4n) is 2.81. The molecule has 0 unspecified atom stereocenters. The third-order valence-corrected chi connectivity index (χ3v) is 4.10. The van der Waals surface area contributed by atoms with Crippen molar-refractivity contribution in [1.82, 2.24) is 10.3 Å². The maximum atomic E-state index is 12.3. The standard InChI is InChI=1S/C18H17N3O3/c1-12-14(6-4-8-17(12)21(23)24)18(22)19-10-9-13-11-20-16-7-3-2-5-15(13)16/h2-8,11,20H,9-10H2,1H3,(H,19,22). The number of rotatable bonds is 5. The summed E-state index contributed by atoms with van der Waals surface area (Å²) in [7, 11) is 0. The van der Waals surface area contributed by atoms with Gasteiger partial charge in [-0.25, -0.2) is 0 Å². The number of hydrogen-bond donors (Lipinski definition) is 2. The average Bonchev–Trinajstić information content (AvgIpc) is 2.98. The van der Waals surface area contributed by atoms with Crippen LogP contribution in [0.1, 0.15) is 21.5 Å². The summed E-state index contributed by atoms with van der Waals surface area (Å²) in [5.41, 5.74) is 2.87. The highest BCUT2D eigenvalue weighted by Crippen LogP contribution is 2.21. The van der Waals surface area contributed by atoms with Crippen LogP contribution in [0.15, 0.2) is 48.7 Å². The summed E-state index contributed by atoms with van der Waals surface area (Å²) < 4.78 is 0. The van der Waals surface area contributed by atoms with Crippen molar-refractivity contribution in [2.45, 2.75) is 13.3 Å².